The Bertz CT molecular complexity index is 645. The van der Waals surface area contributed by atoms with Gasteiger partial charge in [0, 0.05) is 32.7 Å². The second kappa shape index (κ2) is 15.2. The fourth-order valence-corrected chi connectivity index (χ4v) is 2.51. The number of unbranched alkanes of at least 4 members (excludes halogenated alkanes) is 1. The molecule has 1 aromatic carbocycles. The van der Waals surface area contributed by atoms with Gasteiger partial charge >= 0.3 is 0 Å². The first-order valence-electron chi connectivity index (χ1n) is 9.57. The highest BCUT2D eigenvalue weighted by Crippen LogP contribution is 2.11. The molecule has 0 atom stereocenters. The van der Waals surface area contributed by atoms with Crippen LogP contribution in [0.25, 0.3) is 0 Å². The Morgan fingerprint density at radius 1 is 1.07 bits per heavy atom. The Labute approximate surface area is 185 Å². The van der Waals surface area contributed by atoms with Gasteiger partial charge in [0.05, 0.1) is 19.9 Å². The minimum absolute atomic E-state index is 0. The molecule has 0 fully saturated rings. The molecule has 0 radical (unpaired) electrons. The van der Waals surface area contributed by atoms with Gasteiger partial charge in [0.25, 0.3) is 0 Å². The number of hydrogen-bond acceptors (Lipinski definition) is 4. The summed E-state index contributed by atoms with van der Waals surface area (Å²) in [5.41, 5.74) is 1.14. The molecule has 6 nitrogen and oxygen atoms in total. The molecule has 0 aliphatic rings. The van der Waals surface area contributed by atoms with E-state index in [1.165, 1.54) is 0 Å². The van der Waals surface area contributed by atoms with Crippen LogP contribution in [0.15, 0.2) is 52.1 Å². The summed E-state index contributed by atoms with van der Waals surface area (Å²) in [6.45, 7) is 5.84. The third-order valence-electron chi connectivity index (χ3n) is 4.03. The highest BCUT2D eigenvalue weighted by atomic mass is 127. The zero-order chi connectivity index (χ0) is 19.2. The van der Waals surface area contributed by atoms with Gasteiger partial charge in [-0.2, -0.15) is 0 Å². The number of halogens is 1. The lowest BCUT2D eigenvalue weighted by Gasteiger charge is -2.12. The first kappa shape index (κ1) is 24.3. The number of nitrogens with zero attached hydrogens (tertiary/aromatic N) is 1. The number of hydrogen-bond donors (Lipinski definition) is 2. The second-order valence-electron chi connectivity index (χ2n) is 6.10. The maximum atomic E-state index is 5.38. The van der Waals surface area contributed by atoms with Gasteiger partial charge in [0.2, 0.25) is 0 Å². The van der Waals surface area contributed by atoms with E-state index < -0.39 is 0 Å². The Morgan fingerprint density at radius 2 is 1.86 bits per heavy atom. The molecule has 2 rings (SSSR count). The summed E-state index contributed by atoms with van der Waals surface area (Å²) in [7, 11) is 1.67. The molecule has 0 saturated carbocycles. The highest BCUT2D eigenvalue weighted by molar-refractivity contribution is 14.0. The number of furan rings is 1. The number of methoxy groups -OCH3 is 1. The number of nitrogens with one attached hydrogen (secondary N) is 2. The average Bonchev–Trinajstić information content (AvgIpc) is 3.22. The minimum atomic E-state index is 0. The molecule has 0 aliphatic carbocycles. The van der Waals surface area contributed by atoms with Crippen LogP contribution in [0.2, 0.25) is 0 Å². The van der Waals surface area contributed by atoms with Crippen LogP contribution in [-0.4, -0.2) is 39.4 Å². The van der Waals surface area contributed by atoms with Crippen molar-refractivity contribution in [2.75, 3.05) is 33.4 Å². The van der Waals surface area contributed by atoms with E-state index in [0.29, 0.717) is 6.54 Å². The minimum Gasteiger partial charge on any atom is -0.497 e. The Balaban J connectivity index is 0.00000392. The van der Waals surface area contributed by atoms with Crippen molar-refractivity contribution >= 4 is 29.9 Å². The number of ether oxygens (including phenoxy) is 2. The van der Waals surface area contributed by atoms with E-state index in [-0.39, 0.29) is 24.0 Å². The van der Waals surface area contributed by atoms with Crippen molar-refractivity contribution in [3.05, 3.63) is 54.0 Å². The van der Waals surface area contributed by atoms with Crippen molar-refractivity contribution in [3.8, 4) is 5.75 Å². The fourth-order valence-electron chi connectivity index (χ4n) is 2.51. The van der Waals surface area contributed by atoms with Gasteiger partial charge in [0.15, 0.2) is 5.96 Å². The van der Waals surface area contributed by atoms with Gasteiger partial charge in [-0.1, -0.05) is 12.1 Å². The summed E-state index contributed by atoms with van der Waals surface area (Å²) < 4.78 is 16.0. The predicted molar refractivity (Wildman–Crippen MR) is 124 cm³/mol. The summed E-state index contributed by atoms with van der Waals surface area (Å²) in [4.78, 5) is 4.69. The second-order valence-corrected chi connectivity index (χ2v) is 6.10. The maximum Gasteiger partial charge on any atom is 0.191 e. The van der Waals surface area contributed by atoms with Crippen molar-refractivity contribution in [2.45, 2.75) is 32.7 Å². The Hall–Kier alpha value is -1.74. The summed E-state index contributed by atoms with van der Waals surface area (Å²) >= 11 is 0. The first-order chi connectivity index (χ1) is 13.3. The zero-order valence-corrected chi connectivity index (χ0v) is 19.1. The monoisotopic (exact) mass is 501 g/mol. The molecule has 0 saturated heterocycles. The Kier molecular flexibility index (Phi) is 13.2. The van der Waals surface area contributed by atoms with E-state index in [9.17, 15) is 0 Å². The molecule has 7 heteroatoms. The topological polar surface area (TPSA) is 68.0 Å². The van der Waals surface area contributed by atoms with Gasteiger partial charge < -0.3 is 24.5 Å². The van der Waals surface area contributed by atoms with E-state index in [0.717, 1.165) is 68.6 Å². The van der Waals surface area contributed by atoms with E-state index in [2.05, 4.69) is 10.6 Å². The average molecular weight is 501 g/mol. The molecule has 28 heavy (non-hydrogen) atoms. The first-order valence-corrected chi connectivity index (χ1v) is 9.57. The zero-order valence-electron chi connectivity index (χ0n) is 16.8. The highest BCUT2D eigenvalue weighted by Gasteiger charge is 2.01. The molecule has 0 bridgehead atoms. The molecule has 156 valence electrons. The van der Waals surface area contributed by atoms with E-state index in [1.807, 2.05) is 43.3 Å². The number of benzene rings is 1. The standard InChI is InChI=1S/C21H31N3O3.HI/c1-3-26-15-5-4-13-22-21(23-14-12-20-7-6-16-27-20)24-17-18-8-10-19(25-2)11-9-18;/h6-11,16H,3-5,12-15,17H2,1-2H3,(H2,22,23,24);1H. The van der Waals surface area contributed by atoms with Crippen LogP contribution in [0.3, 0.4) is 0 Å². The molecule has 0 spiro atoms. The van der Waals surface area contributed by atoms with Gasteiger partial charge in [-0.3, -0.25) is 0 Å². The number of guanidine groups is 1. The summed E-state index contributed by atoms with van der Waals surface area (Å²) in [6, 6.07) is 11.9. The van der Waals surface area contributed by atoms with Crippen molar-refractivity contribution in [1.29, 1.82) is 0 Å². The van der Waals surface area contributed by atoms with Crippen molar-refractivity contribution in [3.63, 3.8) is 0 Å². The molecule has 1 heterocycles. The Morgan fingerprint density at radius 3 is 2.54 bits per heavy atom. The van der Waals surface area contributed by atoms with Crippen LogP contribution < -0.4 is 15.4 Å². The van der Waals surface area contributed by atoms with Crippen molar-refractivity contribution in [1.82, 2.24) is 10.6 Å². The quantitative estimate of drug-likeness (QED) is 0.199. The van der Waals surface area contributed by atoms with E-state index in [4.69, 9.17) is 18.9 Å². The van der Waals surface area contributed by atoms with Crippen molar-refractivity contribution in [2.24, 2.45) is 4.99 Å². The summed E-state index contributed by atoms with van der Waals surface area (Å²) in [6.07, 6.45) is 4.60. The number of rotatable bonds is 12. The predicted octanol–water partition coefficient (Wildman–Crippen LogP) is 4.00. The largest absolute Gasteiger partial charge is 0.497 e. The van der Waals surface area contributed by atoms with Gasteiger partial charge in [0.1, 0.15) is 11.5 Å². The molecule has 1 aromatic heterocycles. The lowest BCUT2D eigenvalue weighted by atomic mass is 10.2. The normalized spacial score (nSPS) is 11.0. The smallest absolute Gasteiger partial charge is 0.191 e. The van der Waals surface area contributed by atoms with Crippen LogP contribution in [0, 0.1) is 0 Å². The van der Waals surface area contributed by atoms with Crippen LogP contribution >= 0.6 is 24.0 Å². The lowest BCUT2D eigenvalue weighted by molar-refractivity contribution is 0.143. The summed E-state index contributed by atoms with van der Waals surface area (Å²) in [5.74, 6) is 2.63. The molecular formula is C21H32IN3O3. The summed E-state index contributed by atoms with van der Waals surface area (Å²) in [5, 5.41) is 6.77. The maximum absolute atomic E-state index is 5.38. The van der Waals surface area contributed by atoms with Gasteiger partial charge in [-0.05, 0) is 49.6 Å². The van der Waals surface area contributed by atoms with Crippen LogP contribution in [0.5, 0.6) is 5.75 Å². The van der Waals surface area contributed by atoms with Crippen LogP contribution in [0.1, 0.15) is 31.1 Å². The molecule has 2 N–H and O–H groups in total. The number of aliphatic imine (C=N–C) groups is 1. The SMILES string of the molecule is CCOCCCCNC(=NCc1ccc(OC)cc1)NCCc1ccco1.I. The molecular weight excluding hydrogens is 469 g/mol. The van der Waals surface area contributed by atoms with Crippen molar-refractivity contribution < 1.29 is 13.9 Å². The fraction of sp³-hybridized carbons (Fsp3) is 0.476. The van der Waals surface area contributed by atoms with E-state index in [1.54, 1.807) is 13.4 Å². The third kappa shape index (κ3) is 9.98. The van der Waals surface area contributed by atoms with Gasteiger partial charge in [-0.15, -0.1) is 24.0 Å². The molecule has 0 unspecified atom stereocenters. The van der Waals surface area contributed by atoms with Crippen LogP contribution in [0.4, 0.5) is 0 Å². The van der Waals surface area contributed by atoms with Crippen LogP contribution in [-0.2, 0) is 17.7 Å². The van der Waals surface area contributed by atoms with E-state index >= 15 is 0 Å². The molecule has 2 aromatic rings. The van der Waals surface area contributed by atoms with Gasteiger partial charge in [-0.25, -0.2) is 4.99 Å². The molecule has 0 aliphatic heterocycles. The third-order valence-corrected chi connectivity index (χ3v) is 4.03. The lowest BCUT2D eigenvalue weighted by Crippen LogP contribution is -2.39. The molecule has 0 amide bonds.